The van der Waals surface area contributed by atoms with Gasteiger partial charge in [-0.15, -0.1) is 0 Å². The molecule has 0 aliphatic heterocycles. The van der Waals surface area contributed by atoms with E-state index in [9.17, 15) is 0 Å². The Morgan fingerprint density at radius 1 is 1.15 bits per heavy atom. The van der Waals surface area contributed by atoms with Gasteiger partial charge in [-0.25, -0.2) is 4.98 Å². The number of aromatic nitrogens is 2. The Balaban J connectivity index is 2.57. The maximum absolute atomic E-state index is 5.15. The van der Waals surface area contributed by atoms with Gasteiger partial charge in [0.25, 0.3) is 0 Å². The molecule has 3 nitrogen and oxygen atoms in total. The quantitative estimate of drug-likeness (QED) is 0.520. The molecule has 1 aromatic carbocycles. The van der Waals surface area contributed by atoms with Gasteiger partial charge in [-0.1, -0.05) is 18.2 Å². The van der Waals surface area contributed by atoms with Crippen LogP contribution in [0.5, 0.6) is 0 Å². The Morgan fingerprint density at radius 3 is 3.08 bits per heavy atom. The van der Waals surface area contributed by atoms with E-state index in [0.717, 1.165) is 16.5 Å². The Hall–Kier alpha value is -1.90. The van der Waals surface area contributed by atoms with Crippen molar-refractivity contribution in [2.45, 2.75) is 0 Å². The van der Waals surface area contributed by atoms with Crippen LogP contribution in [0.3, 0.4) is 0 Å². The summed E-state index contributed by atoms with van der Waals surface area (Å²) in [5, 5.41) is 1.08. The third-order valence-corrected chi connectivity index (χ3v) is 2.02. The van der Waals surface area contributed by atoms with Gasteiger partial charge in [-0.3, -0.25) is 0 Å². The zero-order chi connectivity index (χ0) is 8.67. The molecule has 0 fully saturated rings. The zero-order valence-corrected chi connectivity index (χ0v) is 6.77. The summed E-state index contributed by atoms with van der Waals surface area (Å²) in [5.41, 5.74) is 2.35. The summed E-state index contributed by atoms with van der Waals surface area (Å²) in [7, 11) is 0. The van der Waals surface area contributed by atoms with E-state index in [4.69, 9.17) is 4.42 Å². The molecule has 0 unspecified atom stereocenters. The number of fused-ring (bicyclic) bond motifs is 2. The van der Waals surface area contributed by atoms with Crippen LogP contribution < -0.4 is 0 Å². The predicted octanol–water partition coefficient (Wildman–Crippen LogP) is 2.38. The van der Waals surface area contributed by atoms with Crippen LogP contribution in [0.4, 0.5) is 0 Å². The summed E-state index contributed by atoms with van der Waals surface area (Å²) in [6.45, 7) is 0. The highest BCUT2D eigenvalue weighted by atomic mass is 16.3. The molecule has 0 amide bonds. The summed E-state index contributed by atoms with van der Waals surface area (Å²) in [5.74, 6) is 0. The fraction of sp³-hybridized carbons (Fsp3) is 0. The SMILES string of the molecule is c1ccc2nc3ncoc3cc2c1. The lowest BCUT2D eigenvalue weighted by Gasteiger charge is -1.93. The van der Waals surface area contributed by atoms with E-state index >= 15 is 0 Å². The van der Waals surface area contributed by atoms with Crippen LogP contribution >= 0.6 is 0 Å². The third-order valence-electron chi connectivity index (χ3n) is 2.02. The van der Waals surface area contributed by atoms with Crippen LogP contribution in [0, 0.1) is 0 Å². The number of hydrogen-bond donors (Lipinski definition) is 0. The summed E-state index contributed by atoms with van der Waals surface area (Å²) < 4.78 is 5.15. The Kier molecular flexibility index (Phi) is 1.16. The van der Waals surface area contributed by atoms with Gasteiger partial charge in [0.1, 0.15) is 0 Å². The van der Waals surface area contributed by atoms with Crippen LogP contribution in [0.2, 0.25) is 0 Å². The zero-order valence-electron chi connectivity index (χ0n) is 6.77. The molecule has 0 aliphatic carbocycles. The number of pyridine rings is 1. The number of benzene rings is 1. The van der Waals surface area contributed by atoms with Crippen molar-refractivity contribution >= 4 is 22.1 Å². The Labute approximate surface area is 74.0 Å². The van der Waals surface area contributed by atoms with Crippen molar-refractivity contribution in [1.29, 1.82) is 0 Å². The molecule has 0 saturated carbocycles. The average Bonchev–Trinajstić information content (AvgIpc) is 2.61. The van der Waals surface area contributed by atoms with Crippen molar-refractivity contribution in [1.82, 2.24) is 9.97 Å². The van der Waals surface area contributed by atoms with Crippen molar-refractivity contribution in [2.75, 3.05) is 0 Å². The first-order valence-corrected chi connectivity index (χ1v) is 4.02. The topological polar surface area (TPSA) is 38.9 Å². The van der Waals surface area contributed by atoms with E-state index < -0.39 is 0 Å². The molecule has 13 heavy (non-hydrogen) atoms. The van der Waals surface area contributed by atoms with Crippen molar-refractivity contribution in [2.24, 2.45) is 0 Å². The molecule has 0 bridgehead atoms. The van der Waals surface area contributed by atoms with Crippen LogP contribution in [0.25, 0.3) is 22.1 Å². The van der Waals surface area contributed by atoms with E-state index in [1.165, 1.54) is 6.39 Å². The fourth-order valence-electron chi connectivity index (χ4n) is 1.40. The van der Waals surface area contributed by atoms with Gasteiger partial charge in [-0.2, -0.15) is 4.98 Å². The molecular weight excluding hydrogens is 164 g/mol. The first kappa shape index (κ1) is 6.60. The number of hydrogen-bond acceptors (Lipinski definition) is 3. The second-order valence-electron chi connectivity index (χ2n) is 2.86. The van der Waals surface area contributed by atoms with Gasteiger partial charge in [0.2, 0.25) is 0 Å². The molecule has 0 saturated heterocycles. The van der Waals surface area contributed by atoms with Crippen LogP contribution in [0.15, 0.2) is 41.1 Å². The minimum absolute atomic E-state index is 0.665. The molecule has 0 N–H and O–H groups in total. The Bertz CT molecular complexity index is 521. The average molecular weight is 170 g/mol. The van der Waals surface area contributed by atoms with Crippen LogP contribution in [-0.2, 0) is 0 Å². The van der Waals surface area contributed by atoms with Gasteiger partial charge in [0.15, 0.2) is 17.6 Å². The maximum Gasteiger partial charge on any atom is 0.199 e. The highest BCUT2D eigenvalue weighted by molar-refractivity contribution is 5.88. The first-order chi connectivity index (χ1) is 6.43. The van der Waals surface area contributed by atoms with Gasteiger partial charge >= 0.3 is 0 Å². The smallest absolute Gasteiger partial charge is 0.199 e. The fourth-order valence-corrected chi connectivity index (χ4v) is 1.40. The minimum atomic E-state index is 0.665. The normalized spacial score (nSPS) is 11.1. The lowest BCUT2D eigenvalue weighted by Crippen LogP contribution is -1.79. The van der Waals surface area contributed by atoms with Crippen LogP contribution in [-0.4, -0.2) is 9.97 Å². The number of nitrogens with zero attached hydrogens (tertiary/aromatic N) is 2. The number of rotatable bonds is 0. The van der Waals surface area contributed by atoms with E-state index in [2.05, 4.69) is 9.97 Å². The molecule has 2 aromatic heterocycles. The van der Waals surface area contributed by atoms with Crippen molar-refractivity contribution in [3.8, 4) is 0 Å². The van der Waals surface area contributed by atoms with Crippen molar-refractivity contribution in [3.05, 3.63) is 36.7 Å². The second kappa shape index (κ2) is 2.29. The minimum Gasteiger partial charge on any atom is -0.442 e. The van der Waals surface area contributed by atoms with Gasteiger partial charge in [0, 0.05) is 5.39 Å². The summed E-state index contributed by atoms with van der Waals surface area (Å²) in [6, 6.07) is 9.85. The van der Waals surface area contributed by atoms with E-state index in [-0.39, 0.29) is 0 Å². The first-order valence-electron chi connectivity index (χ1n) is 4.02. The Morgan fingerprint density at radius 2 is 2.08 bits per heavy atom. The van der Waals surface area contributed by atoms with Gasteiger partial charge < -0.3 is 4.42 Å². The summed E-state index contributed by atoms with van der Waals surface area (Å²) >= 11 is 0. The largest absolute Gasteiger partial charge is 0.442 e. The highest BCUT2D eigenvalue weighted by Gasteiger charge is 2.01. The van der Waals surface area contributed by atoms with E-state index in [1.807, 2.05) is 30.3 Å². The van der Waals surface area contributed by atoms with E-state index in [1.54, 1.807) is 0 Å². The molecule has 0 radical (unpaired) electrons. The van der Waals surface area contributed by atoms with E-state index in [0.29, 0.717) is 5.65 Å². The summed E-state index contributed by atoms with van der Waals surface area (Å²) in [4.78, 5) is 8.32. The second-order valence-corrected chi connectivity index (χ2v) is 2.86. The molecule has 0 atom stereocenters. The summed E-state index contributed by atoms with van der Waals surface area (Å²) in [6.07, 6.45) is 1.41. The lowest BCUT2D eigenvalue weighted by molar-refractivity contribution is 0.602. The molecule has 3 heteroatoms. The van der Waals surface area contributed by atoms with Crippen LogP contribution in [0.1, 0.15) is 0 Å². The maximum atomic E-state index is 5.15. The lowest BCUT2D eigenvalue weighted by atomic mass is 10.2. The molecule has 62 valence electrons. The van der Waals surface area contributed by atoms with Crippen molar-refractivity contribution in [3.63, 3.8) is 0 Å². The van der Waals surface area contributed by atoms with Gasteiger partial charge in [0.05, 0.1) is 5.52 Å². The molecule has 2 heterocycles. The molecule has 3 rings (SSSR count). The molecule has 3 aromatic rings. The number of oxazole rings is 1. The highest BCUT2D eigenvalue weighted by Crippen LogP contribution is 2.17. The predicted molar refractivity (Wildman–Crippen MR) is 49.3 cm³/mol. The third kappa shape index (κ3) is 0.902. The molecule has 0 aliphatic rings. The molecule has 0 spiro atoms. The van der Waals surface area contributed by atoms with Crippen molar-refractivity contribution < 1.29 is 4.42 Å². The standard InChI is InChI=1S/C10H6N2O/c1-2-4-8-7(3-1)5-9-10(12-8)11-6-13-9/h1-6H. The number of para-hydroxylation sites is 1. The monoisotopic (exact) mass is 170 g/mol. The van der Waals surface area contributed by atoms with Gasteiger partial charge in [-0.05, 0) is 12.1 Å². The molecular formula is C10H6N2O.